The maximum absolute atomic E-state index is 11.7. The molecule has 1 rings (SSSR count). The Balaban J connectivity index is 2.39. The summed E-state index contributed by atoms with van der Waals surface area (Å²) < 4.78 is 0. The van der Waals surface area contributed by atoms with Crippen LogP contribution in [0.15, 0.2) is 18.2 Å². The van der Waals surface area contributed by atoms with Crippen LogP contribution in [0.1, 0.15) is 12.0 Å². The number of halogens is 1. The lowest BCUT2D eigenvalue weighted by molar-refractivity contribution is -0.126. The first kappa shape index (κ1) is 16.5. The lowest BCUT2D eigenvalue weighted by Crippen LogP contribution is -2.33. The number of benzene rings is 1. The van der Waals surface area contributed by atoms with Crippen molar-refractivity contribution < 1.29 is 9.59 Å². The van der Waals surface area contributed by atoms with Gasteiger partial charge in [0.05, 0.1) is 0 Å². The quantitative estimate of drug-likeness (QED) is 0.785. The fourth-order valence-electron chi connectivity index (χ4n) is 1.50. The summed E-state index contributed by atoms with van der Waals surface area (Å²) in [7, 11) is 3.83. The van der Waals surface area contributed by atoms with Gasteiger partial charge in [0.1, 0.15) is 6.42 Å². The second kappa shape index (κ2) is 7.87. The summed E-state index contributed by atoms with van der Waals surface area (Å²) in [6, 6.07) is 5.23. The molecule has 6 heteroatoms. The highest BCUT2D eigenvalue weighted by molar-refractivity contribution is 6.31. The van der Waals surface area contributed by atoms with E-state index in [1.807, 2.05) is 32.0 Å². The van der Waals surface area contributed by atoms with E-state index in [0.717, 1.165) is 12.1 Å². The Labute approximate surface area is 124 Å². The van der Waals surface area contributed by atoms with Gasteiger partial charge in [-0.05, 0) is 38.7 Å². The van der Waals surface area contributed by atoms with Crippen molar-refractivity contribution in [2.24, 2.45) is 0 Å². The molecule has 0 unspecified atom stereocenters. The Hall–Kier alpha value is -1.59. The van der Waals surface area contributed by atoms with Gasteiger partial charge in [0.15, 0.2) is 0 Å². The van der Waals surface area contributed by atoms with Crippen LogP contribution in [0, 0.1) is 6.92 Å². The Morgan fingerprint density at radius 2 is 1.95 bits per heavy atom. The van der Waals surface area contributed by atoms with Gasteiger partial charge in [0, 0.05) is 23.8 Å². The molecule has 0 bridgehead atoms. The molecule has 0 aliphatic carbocycles. The fourth-order valence-corrected chi connectivity index (χ4v) is 1.68. The summed E-state index contributed by atoms with van der Waals surface area (Å²) in [4.78, 5) is 25.2. The standard InChI is InChI=1S/C14H20ClN3O2/c1-10-4-5-11(8-12(10)15)17-14(20)9-13(19)16-6-7-18(2)3/h4-5,8H,6-7,9H2,1-3H3,(H,16,19)(H,17,20). The van der Waals surface area contributed by atoms with Crippen molar-refractivity contribution in [3.63, 3.8) is 0 Å². The number of hydrogen-bond acceptors (Lipinski definition) is 3. The largest absolute Gasteiger partial charge is 0.354 e. The molecule has 0 saturated heterocycles. The zero-order chi connectivity index (χ0) is 15.1. The van der Waals surface area contributed by atoms with E-state index in [1.54, 1.807) is 12.1 Å². The van der Waals surface area contributed by atoms with Gasteiger partial charge in [-0.1, -0.05) is 17.7 Å². The minimum Gasteiger partial charge on any atom is -0.354 e. The van der Waals surface area contributed by atoms with Crippen molar-refractivity contribution in [3.05, 3.63) is 28.8 Å². The summed E-state index contributed by atoms with van der Waals surface area (Å²) in [6.45, 7) is 3.14. The van der Waals surface area contributed by atoms with Crippen molar-refractivity contribution in [3.8, 4) is 0 Å². The third kappa shape index (κ3) is 6.04. The van der Waals surface area contributed by atoms with E-state index in [-0.39, 0.29) is 18.2 Å². The normalized spacial score (nSPS) is 10.4. The molecule has 0 spiro atoms. The number of anilines is 1. The van der Waals surface area contributed by atoms with Crippen molar-refractivity contribution in [2.45, 2.75) is 13.3 Å². The molecule has 5 nitrogen and oxygen atoms in total. The SMILES string of the molecule is Cc1ccc(NC(=O)CC(=O)NCCN(C)C)cc1Cl. The van der Waals surface area contributed by atoms with Gasteiger partial charge in [-0.2, -0.15) is 0 Å². The summed E-state index contributed by atoms with van der Waals surface area (Å²) in [5, 5.41) is 5.91. The van der Waals surface area contributed by atoms with E-state index in [0.29, 0.717) is 17.3 Å². The van der Waals surface area contributed by atoms with E-state index in [9.17, 15) is 9.59 Å². The van der Waals surface area contributed by atoms with Gasteiger partial charge in [0.2, 0.25) is 11.8 Å². The first-order valence-corrected chi connectivity index (χ1v) is 6.73. The first-order chi connectivity index (χ1) is 9.38. The number of nitrogens with zero attached hydrogens (tertiary/aromatic N) is 1. The zero-order valence-corrected chi connectivity index (χ0v) is 12.8. The molecule has 0 aliphatic rings. The van der Waals surface area contributed by atoms with E-state index >= 15 is 0 Å². The molecule has 0 aliphatic heterocycles. The second-order valence-electron chi connectivity index (χ2n) is 4.84. The zero-order valence-electron chi connectivity index (χ0n) is 12.0. The van der Waals surface area contributed by atoms with Gasteiger partial charge >= 0.3 is 0 Å². The van der Waals surface area contributed by atoms with E-state index in [4.69, 9.17) is 11.6 Å². The topological polar surface area (TPSA) is 61.4 Å². The number of nitrogens with one attached hydrogen (secondary N) is 2. The maximum atomic E-state index is 11.7. The molecule has 0 fully saturated rings. The van der Waals surface area contributed by atoms with Gasteiger partial charge in [-0.25, -0.2) is 0 Å². The molecule has 2 N–H and O–H groups in total. The lowest BCUT2D eigenvalue weighted by Gasteiger charge is -2.10. The molecule has 20 heavy (non-hydrogen) atoms. The van der Waals surface area contributed by atoms with E-state index < -0.39 is 0 Å². The van der Waals surface area contributed by atoms with Gasteiger partial charge < -0.3 is 15.5 Å². The number of rotatable bonds is 6. The summed E-state index contributed by atoms with van der Waals surface area (Å²) in [5.74, 6) is -0.644. The van der Waals surface area contributed by atoms with Gasteiger partial charge in [0.25, 0.3) is 0 Å². The molecule has 0 atom stereocenters. The molecule has 0 saturated carbocycles. The molecule has 0 heterocycles. The van der Waals surface area contributed by atoms with Crippen LogP contribution >= 0.6 is 11.6 Å². The molecule has 1 aromatic rings. The summed E-state index contributed by atoms with van der Waals surface area (Å²) in [6.07, 6.45) is -0.196. The molecule has 1 aromatic carbocycles. The third-order valence-electron chi connectivity index (χ3n) is 2.66. The summed E-state index contributed by atoms with van der Waals surface area (Å²) in [5.41, 5.74) is 1.53. The molecular weight excluding hydrogens is 278 g/mol. The molecule has 110 valence electrons. The first-order valence-electron chi connectivity index (χ1n) is 6.36. The predicted molar refractivity (Wildman–Crippen MR) is 81.0 cm³/mol. The number of likely N-dealkylation sites (N-methyl/N-ethyl adjacent to an activating group) is 1. The Kier molecular flexibility index (Phi) is 6.48. The molecule has 0 radical (unpaired) electrons. The number of aryl methyl sites for hydroxylation is 1. The number of hydrogen-bond donors (Lipinski definition) is 2. The highest BCUT2D eigenvalue weighted by Crippen LogP contribution is 2.19. The van der Waals surface area contributed by atoms with Crippen LogP contribution in [0.3, 0.4) is 0 Å². The number of carbonyl (C=O) groups excluding carboxylic acids is 2. The Morgan fingerprint density at radius 3 is 2.55 bits per heavy atom. The van der Waals surface area contributed by atoms with Crippen molar-refractivity contribution in [1.29, 1.82) is 0 Å². The van der Waals surface area contributed by atoms with E-state index in [2.05, 4.69) is 10.6 Å². The predicted octanol–water partition coefficient (Wildman–Crippen LogP) is 1.65. The number of amides is 2. The third-order valence-corrected chi connectivity index (χ3v) is 3.07. The highest BCUT2D eigenvalue weighted by Gasteiger charge is 2.09. The minimum absolute atomic E-state index is 0.196. The average molecular weight is 298 g/mol. The Morgan fingerprint density at radius 1 is 1.25 bits per heavy atom. The minimum atomic E-state index is -0.354. The van der Waals surface area contributed by atoms with Gasteiger partial charge in [-0.15, -0.1) is 0 Å². The van der Waals surface area contributed by atoms with Crippen LogP contribution in [-0.4, -0.2) is 43.9 Å². The van der Waals surface area contributed by atoms with Crippen LogP contribution in [-0.2, 0) is 9.59 Å². The van der Waals surface area contributed by atoms with Crippen molar-refractivity contribution in [1.82, 2.24) is 10.2 Å². The maximum Gasteiger partial charge on any atom is 0.233 e. The highest BCUT2D eigenvalue weighted by atomic mass is 35.5. The van der Waals surface area contributed by atoms with Crippen LogP contribution in [0.4, 0.5) is 5.69 Å². The molecule has 2 amide bonds. The smallest absolute Gasteiger partial charge is 0.233 e. The van der Waals surface area contributed by atoms with Gasteiger partial charge in [-0.3, -0.25) is 9.59 Å². The van der Waals surface area contributed by atoms with E-state index in [1.165, 1.54) is 0 Å². The monoisotopic (exact) mass is 297 g/mol. The van der Waals surface area contributed by atoms with Crippen LogP contribution in [0.25, 0.3) is 0 Å². The molecule has 0 aromatic heterocycles. The van der Waals surface area contributed by atoms with Crippen LogP contribution in [0.5, 0.6) is 0 Å². The van der Waals surface area contributed by atoms with Crippen LogP contribution < -0.4 is 10.6 Å². The van der Waals surface area contributed by atoms with Crippen LogP contribution in [0.2, 0.25) is 5.02 Å². The fraction of sp³-hybridized carbons (Fsp3) is 0.429. The van der Waals surface area contributed by atoms with Crippen molar-refractivity contribution in [2.75, 3.05) is 32.5 Å². The Bertz CT molecular complexity index is 489. The van der Waals surface area contributed by atoms with Crippen molar-refractivity contribution >= 4 is 29.1 Å². The second-order valence-corrected chi connectivity index (χ2v) is 5.25. The number of carbonyl (C=O) groups is 2. The average Bonchev–Trinajstić information content (AvgIpc) is 2.33. The summed E-state index contributed by atoms with van der Waals surface area (Å²) >= 11 is 5.97. The lowest BCUT2D eigenvalue weighted by atomic mass is 10.2. The molecular formula is C14H20ClN3O2.